The van der Waals surface area contributed by atoms with Gasteiger partial charge >= 0.3 is 0 Å². The summed E-state index contributed by atoms with van der Waals surface area (Å²) in [5.41, 5.74) is 3.17. The van der Waals surface area contributed by atoms with E-state index in [1.807, 2.05) is 55.5 Å². The van der Waals surface area contributed by atoms with E-state index in [1.165, 1.54) is 6.92 Å². The fourth-order valence-electron chi connectivity index (χ4n) is 2.01. The molecule has 0 spiro atoms. The van der Waals surface area contributed by atoms with Crippen molar-refractivity contribution in [3.8, 4) is 0 Å². The van der Waals surface area contributed by atoms with Crippen molar-refractivity contribution in [1.82, 2.24) is 0 Å². The predicted octanol–water partition coefficient (Wildman–Crippen LogP) is 3.00. The molecule has 0 atom stereocenters. The Morgan fingerprint density at radius 3 is 2.36 bits per heavy atom. The van der Waals surface area contributed by atoms with Crippen LogP contribution in [0.4, 0.5) is 17.1 Å². The molecule has 2 aromatic rings. The largest absolute Gasteiger partial charge is 0.374 e. The van der Waals surface area contributed by atoms with Gasteiger partial charge in [-0.25, -0.2) is 0 Å². The van der Waals surface area contributed by atoms with Crippen LogP contribution in [0.5, 0.6) is 0 Å². The highest BCUT2D eigenvalue weighted by Crippen LogP contribution is 2.22. The van der Waals surface area contributed by atoms with Crippen molar-refractivity contribution in [3.05, 3.63) is 54.1 Å². The number of rotatable bonds is 5. The molecule has 2 rings (SSSR count). The number of aryl methyl sites for hydroxylation is 1. The van der Waals surface area contributed by atoms with Crippen LogP contribution in [0, 0.1) is 6.92 Å². The van der Waals surface area contributed by atoms with Crippen LogP contribution in [0.3, 0.4) is 0 Å². The van der Waals surface area contributed by atoms with Gasteiger partial charge < -0.3 is 16.0 Å². The van der Waals surface area contributed by atoms with Gasteiger partial charge in [0.2, 0.25) is 11.8 Å². The van der Waals surface area contributed by atoms with Gasteiger partial charge in [0.15, 0.2) is 0 Å². The maximum atomic E-state index is 11.9. The number of hydrogen-bond acceptors (Lipinski definition) is 3. The Morgan fingerprint density at radius 2 is 1.68 bits per heavy atom. The van der Waals surface area contributed by atoms with Crippen molar-refractivity contribution in [2.24, 2.45) is 0 Å². The van der Waals surface area contributed by atoms with Crippen LogP contribution in [-0.2, 0) is 9.59 Å². The van der Waals surface area contributed by atoms with Gasteiger partial charge in [0.25, 0.3) is 0 Å². The number of hydrogen-bond donors (Lipinski definition) is 3. The van der Waals surface area contributed by atoms with Gasteiger partial charge in [0, 0.05) is 12.6 Å². The maximum absolute atomic E-state index is 11.9. The molecule has 0 aliphatic carbocycles. The van der Waals surface area contributed by atoms with Crippen molar-refractivity contribution in [3.63, 3.8) is 0 Å². The zero-order chi connectivity index (χ0) is 15.9. The van der Waals surface area contributed by atoms with Crippen LogP contribution >= 0.6 is 0 Å². The van der Waals surface area contributed by atoms with Crippen LogP contribution in [0.25, 0.3) is 0 Å². The molecule has 0 unspecified atom stereocenters. The first-order chi connectivity index (χ1) is 10.5. The van der Waals surface area contributed by atoms with E-state index in [-0.39, 0.29) is 18.4 Å². The van der Waals surface area contributed by atoms with Crippen molar-refractivity contribution in [2.75, 3.05) is 22.5 Å². The Bertz CT molecular complexity index is 669. The first kappa shape index (κ1) is 15.6. The third kappa shape index (κ3) is 4.63. The molecule has 0 saturated heterocycles. The number of para-hydroxylation sites is 1. The lowest BCUT2D eigenvalue weighted by molar-refractivity contribution is -0.115. The highest BCUT2D eigenvalue weighted by atomic mass is 16.2. The minimum atomic E-state index is -0.152. The Kier molecular flexibility index (Phi) is 5.14. The van der Waals surface area contributed by atoms with E-state index in [1.54, 1.807) is 0 Å². The predicted molar refractivity (Wildman–Crippen MR) is 89.0 cm³/mol. The summed E-state index contributed by atoms with van der Waals surface area (Å²) in [7, 11) is 0. The highest BCUT2D eigenvalue weighted by Gasteiger charge is 2.07. The fourth-order valence-corrected chi connectivity index (χ4v) is 2.01. The summed E-state index contributed by atoms with van der Waals surface area (Å²) in [5, 5.41) is 8.59. The molecular weight excluding hydrogens is 278 g/mol. The normalized spacial score (nSPS) is 9.91. The van der Waals surface area contributed by atoms with E-state index >= 15 is 0 Å². The quantitative estimate of drug-likeness (QED) is 0.794. The Labute approximate surface area is 129 Å². The van der Waals surface area contributed by atoms with Crippen molar-refractivity contribution < 1.29 is 9.59 Å². The average Bonchev–Trinajstić information content (AvgIpc) is 2.48. The van der Waals surface area contributed by atoms with Crippen LogP contribution in [0.15, 0.2) is 48.5 Å². The summed E-state index contributed by atoms with van der Waals surface area (Å²) >= 11 is 0. The lowest BCUT2D eigenvalue weighted by atomic mass is 10.2. The Balaban J connectivity index is 2.00. The second kappa shape index (κ2) is 7.26. The summed E-state index contributed by atoms with van der Waals surface area (Å²) in [5.74, 6) is -0.304. The zero-order valence-corrected chi connectivity index (χ0v) is 12.6. The molecule has 5 nitrogen and oxygen atoms in total. The summed E-state index contributed by atoms with van der Waals surface area (Å²) in [6.07, 6.45) is 0. The molecular formula is C17H19N3O2. The summed E-state index contributed by atoms with van der Waals surface area (Å²) in [4.78, 5) is 23.2. The molecule has 5 heteroatoms. The SMILES string of the molecule is CC(=O)Nc1ccc(C)cc1NCC(=O)Nc1ccccc1. The van der Waals surface area contributed by atoms with Crippen LogP contribution < -0.4 is 16.0 Å². The van der Waals surface area contributed by atoms with E-state index in [0.717, 1.165) is 16.9 Å². The molecule has 22 heavy (non-hydrogen) atoms. The topological polar surface area (TPSA) is 70.2 Å². The standard InChI is InChI=1S/C17H19N3O2/c1-12-8-9-15(19-13(2)21)16(10-12)18-11-17(22)20-14-6-4-3-5-7-14/h3-10,18H,11H2,1-2H3,(H,19,21)(H,20,22). The lowest BCUT2D eigenvalue weighted by Gasteiger charge is -2.13. The molecule has 0 aliphatic rings. The highest BCUT2D eigenvalue weighted by molar-refractivity contribution is 5.96. The Morgan fingerprint density at radius 1 is 0.955 bits per heavy atom. The van der Waals surface area contributed by atoms with Crippen molar-refractivity contribution in [1.29, 1.82) is 0 Å². The molecule has 114 valence electrons. The van der Waals surface area contributed by atoms with Crippen LogP contribution in [0.1, 0.15) is 12.5 Å². The number of carbonyl (C=O) groups excluding carboxylic acids is 2. The van der Waals surface area contributed by atoms with Gasteiger partial charge in [-0.3, -0.25) is 9.59 Å². The number of carbonyl (C=O) groups is 2. The molecule has 0 aromatic heterocycles. The molecule has 0 bridgehead atoms. The first-order valence-corrected chi connectivity index (χ1v) is 7.01. The van der Waals surface area contributed by atoms with Gasteiger partial charge in [-0.05, 0) is 36.8 Å². The summed E-state index contributed by atoms with van der Waals surface area (Å²) < 4.78 is 0. The molecule has 3 N–H and O–H groups in total. The maximum Gasteiger partial charge on any atom is 0.243 e. The number of anilines is 3. The number of benzene rings is 2. The first-order valence-electron chi connectivity index (χ1n) is 7.01. The van der Waals surface area contributed by atoms with Crippen molar-refractivity contribution in [2.45, 2.75) is 13.8 Å². The van der Waals surface area contributed by atoms with E-state index in [2.05, 4.69) is 16.0 Å². The molecule has 2 amide bonds. The van der Waals surface area contributed by atoms with Gasteiger partial charge in [-0.1, -0.05) is 24.3 Å². The second-order valence-corrected chi connectivity index (χ2v) is 5.00. The van der Waals surface area contributed by atoms with E-state index in [4.69, 9.17) is 0 Å². The average molecular weight is 297 g/mol. The lowest BCUT2D eigenvalue weighted by Crippen LogP contribution is -2.22. The van der Waals surface area contributed by atoms with Gasteiger partial charge in [0.05, 0.1) is 17.9 Å². The molecule has 0 heterocycles. The minimum Gasteiger partial charge on any atom is -0.374 e. The zero-order valence-electron chi connectivity index (χ0n) is 12.6. The van der Waals surface area contributed by atoms with Gasteiger partial charge in [-0.2, -0.15) is 0 Å². The molecule has 0 aliphatic heterocycles. The third-order valence-electron chi connectivity index (χ3n) is 2.98. The van der Waals surface area contributed by atoms with Gasteiger partial charge in [-0.15, -0.1) is 0 Å². The monoisotopic (exact) mass is 297 g/mol. The van der Waals surface area contributed by atoms with E-state index in [9.17, 15) is 9.59 Å². The summed E-state index contributed by atoms with van der Waals surface area (Å²) in [6.45, 7) is 3.52. The van der Waals surface area contributed by atoms with Crippen molar-refractivity contribution >= 4 is 28.9 Å². The smallest absolute Gasteiger partial charge is 0.243 e. The van der Waals surface area contributed by atoms with E-state index in [0.29, 0.717) is 5.69 Å². The molecule has 0 radical (unpaired) electrons. The fraction of sp³-hybridized carbons (Fsp3) is 0.176. The molecule has 2 aromatic carbocycles. The third-order valence-corrected chi connectivity index (χ3v) is 2.98. The van der Waals surface area contributed by atoms with E-state index < -0.39 is 0 Å². The number of nitrogens with one attached hydrogen (secondary N) is 3. The Hall–Kier alpha value is -2.82. The number of amides is 2. The molecule has 0 saturated carbocycles. The minimum absolute atomic E-state index is 0.116. The molecule has 0 fully saturated rings. The van der Waals surface area contributed by atoms with Crippen LogP contribution in [0.2, 0.25) is 0 Å². The summed E-state index contributed by atoms with van der Waals surface area (Å²) in [6, 6.07) is 14.9. The van der Waals surface area contributed by atoms with Gasteiger partial charge in [0.1, 0.15) is 0 Å². The second-order valence-electron chi connectivity index (χ2n) is 5.00. The van der Waals surface area contributed by atoms with Crippen LogP contribution in [-0.4, -0.2) is 18.4 Å².